The second kappa shape index (κ2) is 9.08. The zero-order valence-electron chi connectivity index (χ0n) is 15.7. The van der Waals surface area contributed by atoms with Crippen molar-refractivity contribution < 1.29 is 9.84 Å². The lowest BCUT2D eigenvalue weighted by Gasteiger charge is -2.28. The van der Waals surface area contributed by atoms with Gasteiger partial charge in [-0.15, -0.1) is 10.2 Å². The molecule has 0 bridgehead atoms. The van der Waals surface area contributed by atoms with Gasteiger partial charge >= 0.3 is 0 Å². The molecule has 2 aliphatic heterocycles. The number of rotatable bonds is 7. The molecule has 0 amide bonds. The highest BCUT2D eigenvalue weighted by atomic mass is 32.2. The Morgan fingerprint density at radius 3 is 2.67 bits per heavy atom. The van der Waals surface area contributed by atoms with Crippen molar-refractivity contribution in [1.82, 2.24) is 14.8 Å². The number of aromatic nitrogens is 3. The van der Waals surface area contributed by atoms with Gasteiger partial charge in [0, 0.05) is 25.4 Å². The summed E-state index contributed by atoms with van der Waals surface area (Å²) in [6, 6.07) is 9.80. The maximum atomic E-state index is 10.5. The Kier molecular flexibility index (Phi) is 6.32. The Balaban J connectivity index is 1.49. The number of benzene rings is 1. The first-order valence-electron chi connectivity index (χ1n) is 9.97. The van der Waals surface area contributed by atoms with Gasteiger partial charge in [0.05, 0.1) is 18.8 Å². The number of anilines is 1. The van der Waals surface area contributed by atoms with Crippen molar-refractivity contribution in [1.29, 1.82) is 0 Å². The van der Waals surface area contributed by atoms with Crippen LogP contribution in [0.25, 0.3) is 0 Å². The Labute approximate surface area is 164 Å². The summed E-state index contributed by atoms with van der Waals surface area (Å²) in [5.41, 5.74) is 0.937. The van der Waals surface area contributed by atoms with Crippen molar-refractivity contribution in [3.05, 3.63) is 35.9 Å². The first kappa shape index (κ1) is 18.8. The number of nitrogens with zero attached hydrogens (tertiary/aromatic N) is 4. The van der Waals surface area contributed by atoms with E-state index in [9.17, 15) is 5.11 Å². The SMILES string of the molecule is O[C@@H](CSc1nnc(N2CCCCC2)n1C[C@@H]1CCCO1)c1ccccc1. The minimum atomic E-state index is -0.512. The molecular formula is C20H28N4O2S. The van der Waals surface area contributed by atoms with Crippen molar-refractivity contribution in [2.24, 2.45) is 0 Å². The van der Waals surface area contributed by atoms with E-state index >= 15 is 0 Å². The third kappa shape index (κ3) is 4.65. The van der Waals surface area contributed by atoms with Gasteiger partial charge in [-0.3, -0.25) is 4.57 Å². The lowest BCUT2D eigenvalue weighted by atomic mass is 10.1. The first-order valence-corrected chi connectivity index (χ1v) is 11.0. The summed E-state index contributed by atoms with van der Waals surface area (Å²) in [6.07, 6.45) is 5.66. The summed E-state index contributed by atoms with van der Waals surface area (Å²) in [7, 11) is 0. The first-order chi connectivity index (χ1) is 13.3. The number of aliphatic hydroxyl groups is 1. The highest BCUT2D eigenvalue weighted by Gasteiger charge is 2.25. The lowest BCUT2D eigenvalue weighted by Crippen LogP contribution is -2.33. The van der Waals surface area contributed by atoms with Gasteiger partial charge in [0.2, 0.25) is 5.95 Å². The van der Waals surface area contributed by atoms with Crippen molar-refractivity contribution in [3.8, 4) is 0 Å². The van der Waals surface area contributed by atoms with Gasteiger partial charge < -0.3 is 14.7 Å². The molecular weight excluding hydrogens is 360 g/mol. The fourth-order valence-corrected chi connectivity index (χ4v) is 4.70. The second-order valence-electron chi connectivity index (χ2n) is 7.31. The molecule has 0 spiro atoms. The summed E-state index contributed by atoms with van der Waals surface area (Å²) in [4.78, 5) is 2.35. The van der Waals surface area contributed by atoms with Gasteiger partial charge in [-0.25, -0.2) is 0 Å². The van der Waals surface area contributed by atoms with Crippen LogP contribution in [-0.4, -0.2) is 51.4 Å². The topological polar surface area (TPSA) is 63.4 Å². The molecule has 3 heterocycles. The van der Waals surface area contributed by atoms with E-state index in [-0.39, 0.29) is 6.10 Å². The third-order valence-corrected chi connectivity index (χ3v) is 6.34. The molecule has 2 saturated heterocycles. The lowest BCUT2D eigenvalue weighted by molar-refractivity contribution is 0.0951. The number of hydrogen-bond donors (Lipinski definition) is 1. The van der Waals surface area contributed by atoms with Crippen LogP contribution < -0.4 is 4.90 Å². The van der Waals surface area contributed by atoms with Crippen LogP contribution in [0, 0.1) is 0 Å². The van der Waals surface area contributed by atoms with Gasteiger partial charge in [0.1, 0.15) is 0 Å². The van der Waals surface area contributed by atoms with Crippen LogP contribution in [0.3, 0.4) is 0 Å². The molecule has 0 saturated carbocycles. The van der Waals surface area contributed by atoms with Gasteiger partial charge in [-0.1, -0.05) is 42.1 Å². The van der Waals surface area contributed by atoms with E-state index < -0.39 is 6.10 Å². The summed E-state index contributed by atoms with van der Waals surface area (Å²) < 4.78 is 8.08. The third-order valence-electron chi connectivity index (χ3n) is 5.30. The maximum absolute atomic E-state index is 10.5. The molecule has 7 heteroatoms. The fourth-order valence-electron chi connectivity index (χ4n) is 3.79. The average Bonchev–Trinajstić information content (AvgIpc) is 3.38. The van der Waals surface area contributed by atoms with Crippen LogP contribution in [0.2, 0.25) is 0 Å². The zero-order chi connectivity index (χ0) is 18.5. The number of hydrogen-bond acceptors (Lipinski definition) is 6. The van der Waals surface area contributed by atoms with E-state index in [1.807, 2.05) is 30.3 Å². The highest BCUT2D eigenvalue weighted by Crippen LogP contribution is 2.29. The van der Waals surface area contributed by atoms with E-state index in [2.05, 4.69) is 19.7 Å². The zero-order valence-corrected chi connectivity index (χ0v) is 16.5. The van der Waals surface area contributed by atoms with Crippen molar-refractivity contribution in [2.75, 3.05) is 30.3 Å². The second-order valence-corrected chi connectivity index (χ2v) is 8.30. The molecule has 2 aromatic rings. The molecule has 146 valence electrons. The van der Waals surface area contributed by atoms with Gasteiger partial charge in [-0.05, 0) is 37.7 Å². The predicted molar refractivity (Wildman–Crippen MR) is 107 cm³/mol. The number of piperidine rings is 1. The van der Waals surface area contributed by atoms with Crippen LogP contribution in [0.4, 0.5) is 5.95 Å². The maximum Gasteiger partial charge on any atom is 0.228 e. The van der Waals surface area contributed by atoms with Crippen LogP contribution >= 0.6 is 11.8 Å². The fraction of sp³-hybridized carbons (Fsp3) is 0.600. The number of thioether (sulfide) groups is 1. The van der Waals surface area contributed by atoms with Crippen molar-refractivity contribution in [3.63, 3.8) is 0 Å². The molecule has 6 nitrogen and oxygen atoms in total. The van der Waals surface area contributed by atoms with E-state index in [0.29, 0.717) is 5.75 Å². The summed E-state index contributed by atoms with van der Waals surface area (Å²) in [5.74, 6) is 1.52. The van der Waals surface area contributed by atoms with Gasteiger partial charge in [0.25, 0.3) is 0 Å². The summed E-state index contributed by atoms with van der Waals surface area (Å²) >= 11 is 1.58. The molecule has 27 heavy (non-hydrogen) atoms. The van der Waals surface area contributed by atoms with E-state index in [1.54, 1.807) is 11.8 Å². The molecule has 2 atom stereocenters. The van der Waals surface area contributed by atoms with Crippen LogP contribution in [-0.2, 0) is 11.3 Å². The average molecular weight is 389 g/mol. The predicted octanol–water partition coefficient (Wildman–Crippen LogP) is 3.27. The quantitative estimate of drug-likeness (QED) is 0.735. The summed E-state index contributed by atoms with van der Waals surface area (Å²) in [6.45, 7) is 3.73. The van der Waals surface area contributed by atoms with Gasteiger partial charge in [-0.2, -0.15) is 0 Å². The van der Waals surface area contributed by atoms with E-state index in [4.69, 9.17) is 4.74 Å². The van der Waals surface area contributed by atoms with E-state index in [1.165, 1.54) is 19.3 Å². The Morgan fingerprint density at radius 2 is 1.93 bits per heavy atom. The van der Waals surface area contributed by atoms with Crippen LogP contribution in [0.15, 0.2) is 35.5 Å². The molecule has 2 fully saturated rings. The largest absolute Gasteiger partial charge is 0.388 e. The molecule has 1 aromatic heterocycles. The van der Waals surface area contributed by atoms with E-state index in [0.717, 1.165) is 55.8 Å². The smallest absolute Gasteiger partial charge is 0.228 e. The molecule has 0 aliphatic carbocycles. The van der Waals surface area contributed by atoms with Gasteiger partial charge in [0.15, 0.2) is 5.16 Å². The van der Waals surface area contributed by atoms with Crippen LogP contribution in [0.1, 0.15) is 43.8 Å². The van der Waals surface area contributed by atoms with Crippen molar-refractivity contribution >= 4 is 17.7 Å². The van der Waals surface area contributed by atoms with Crippen LogP contribution in [0.5, 0.6) is 0 Å². The minimum absolute atomic E-state index is 0.239. The number of ether oxygens (including phenoxy) is 1. The molecule has 1 N–H and O–H groups in total. The Morgan fingerprint density at radius 1 is 1.11 bits per heavy atom. The molecule has 1 aromatic carbocycles. The molecule has 4 rings (SSSR count). The molecule has 0 radical (unpaired) electrons. The Bertz CT molecular complexity index is 712. The highest BCUT2D eigenvalue weighted by molar-refractivity contribution is 7.99. The standard InChI is InChI=1S/C20H28N4O2S/c25-18(16-8-3-1-4-9-16)15-27-20-22-21-19(23-11-5-2-6-12-23)24(20)14-17-10-7-13-26-17/h1,3-4,8-9,17-18,25H,2,5-7,10-15H2/t17-,18-/m0/s1. The monoisotopic (exact) mass is 388 g/mol. The number of aliphatic hydroxyl groups excluding tert-OH is 1. The summed E-state index contributed by atoms with van der Waals surface area (Å²) in [5, 5.41) is 20.4. The van der Waals surface area contributed by atoms with Crippen molar-refractivity contribution in [2.45, 2.75) is 56.0 Å². The molecule has 2 aliphatic rings. The molecule has 0 unspecified atom stereocenters. The minimum Gasteiger partial charge on any atom is -0.388 e. The Hall–Kier alpha value is -1.57. The normalized spacial score (nSPS) is 21.5.